The molecule has 1 amide bonds. The largest absolute Gasteiger partial charge is 0.369 e. The maximum Gasteiger partial charge on any atom is 0.261 e. The Labute approximate surface area is 171 Å². The van der Waals surface area contributed by atoms with E-state index in [1.165, 1.54) is 24.1 Å². The van der Waals surface area contributed by atoms with Gasteiger partial charge in [0.2, 0.25) is 0 Å². The van der Waals surface area contributed by atoms with Crippen LogP contribution < -0.4 is 10.2 Å². The minimum absolute atomic E-state index is 0.0187. The summed E-state index contributed by atoms with van der Waals surface area (Å²) in [5, 5.41) is 12.1. The first-order valence-electron chi connectivity index (χ1n) is 10.2. The van der Waals surface area contributed by atoms with Crippen LogP contribution in [0, 0.1) is 17.1 Å². The minimum atomic E-state index is -0.430. The molecule has 1 heterocycles. The Morgan fingerprint density at radius 1 is 1.14 bits per heavy atom. The van der Waals surface area contributed by atoms with Gasteiger partial charge in [0.25, 0.3) is 5.91 Å². The molecule has 4 nitrogen and oxygen atoms in total. The predicted molar refractivity (Wildman–Crippen MR) is 114 cm³/mol. The van der Waals surface area contributed by atoms with E-state index in [1.54, 1.807) is 12.1 Å². The Morgan fingerprint density at radius 2 is 1.90 bits per heavy atom. The van der Waals surface area contributed by atoms with Crippen LogP contribution in [0.1, 0.15) is 36.8 Å². The highest BCUT2D eigenvalue weighted by molar-refractivity contribution is 6.01. The SMILES string of the molecule is N#C/C(=C/c1ccc(N2CCCCC2)c(F)c1)C(=O)NCCCc1ccccc1. The number of hydrogen-bond donors (Lipinski definition) is 1. The van der Waals surface area contributed by atoms with Crippen LogP contribution in [-0.2, 0) is 11.2 Å². The summed E-state index contributed by atoms with van der Waals surface area (Å²) in [6.07, 6.45) is 6.41. The quantitative estimate of drug-likeness (QED) is 0.430. The van der Waals surface area contributed by atoms with Crippen LogP contribution in [0.3, 0.4) is 0 Å². The van der Waals surface area contributed by atoms with E-state index >= 15 is 0 Å². The molecule has 1 saturated heterocycles. The van der Waals surface area contributed by atoms with E-state index in [0.29, 0.717) is 17.8 Å². The summed E-state index contributed by atoms with van der Waals surface area (Å²) in [6.45, 7) is 2.21. The molecule has 2 aromatic rings. The first-order chi connectivity index (χ1) is 14.2. The summed E-state index contributed by atoms with van der Waals surface area (Å²) < 4.78 is 14.5. The van der Waals surface area contributed by atoms with Gasteiger partial charge in [-0.05, 0) is 61.4 Å². The molecule has 1 aliphatic heterocycles. The number of nitrogens with zero attached hydrogens (tertiary/aromatic N) is 2. The van der Waals surface area contributed by atoms with Gasteiger partial charge in [0.15, 0.2) is 0 Å². The third kappa shape index (κ3) is 5.92. The van der Waals surface area contributed by atoms with E-state index in [2.05, 4.69) is 10.2 Å². The standard InChI is InChI=1S/C24H26FN3O/c25-22-17-20(11-12-23(22)28-14-5-2-6-15-28)16-21(18-26)24(29)27-13-7-10-19-8-3-1-4-9-19/h1,3-4,8-9,11-12,16-17H,2,5-7,10,13-15H2,(H,27,29)/b21-16-. The molecular formula is C24H26FN3O. The maximum absolute atomic E-state index is 14.5. The predicted octanol–water partition coefficient (Wildman–Crippen LogP) is 4.47. The van der Waals surface area contributed by atoms with Crippen LogP contribution in [0.4, 0.5) is 10.1 Å². The lowest BCUT2D eigenvalue weighted by Crippen LogP contribution is -2.30. The average Bonchev–Trinajstić information content (AvgIpc) is 2.76. The molecule has 3 rings (SSSR count). The van der Waals surface area contributed by atoms with Gasteiger partial charge < -0.3 is 10.2 Å². The first kappa shape index (κ1) is 20.6. The van der Waals surface area contributed by atoms with Crippen molar-refractivity contribution < 1.29 is 9.18 Å². The fourth-order valence-electron chi connectivity index (χ4n) is 3.55. The molecule has 0 saturated carbocycles. The summed E-state index contributed by atoms with van der Waals surface area (Å²) in [7, 11) is 0. The second kappa shape index (κ2) is 10.4. The van der Waals surface area contributed by atoms with Crippen molar-refractivity contribution in [1.29, 1.82) is 5.26 Å². The lowest BCUT2D eigenvalue weighted by Gasteiger charge is -2.29. The summed E-state index contributed by atoms with van der Waals surface area (Å²) in [6, 6.07) is 16.8. The first-order valence-corrected chi connectivity index (χ1v) is 10.2. The molecule has 0 atom stereocenters. The molecule has 1 N–H and O–H groups in total. The zero-order valence-corrected chi connectivity index (χ0v) is 16.5. The number of rotatable bonds is 7. The van der Waals surface area contributed by atoms with E-state index in [0.717, 1.165) is 38.8 Å². The highest BCUT2D eigenvalue weighted by Crippen LogP contribution is 2.24. The van der Waals surface area contributed by atoms with Gasteiger partial charge in [-0.25, -0.2) is 4.39 Å². The molecule has 0 bridgehead atoms. The molecule has 0 unspecified atom stereocenters. The Morgan fingerprint density at radius 3 is 2.59 bits per heavy atom. The van der Waals surface area contributed by atoms with Gasteiger partial charge in [-0.15, -0.1) is 0 Å². The van der Waals surface area contributed by atoms with Crippen molar-refractivity contribution in [3.05, 3.63) is 71.0 Å². The average molecular weight is 391 g/mol. The fraction of sp³-hybridized carbons (Fsp3) is 0.333. The van der Waals surface area contributed by atoms with Crippen molar-refractivity contribution >= 4 is 17.7 Å². The number of carbonyl (C=O) groups is 1. The van der Waals surface area contributed by atoms with Crippen molar-refractivity contribution in [3.8, 4) is 6.07 Å². The molecule has 29 heavy (non-hydrogen) atoms. The zero-order valence-electron chi connectivity index (χ0n) is 16.5. The molecule has 0 aromatic heterocycles. The van der Waals surface area contributed by atoms with Crippen LogP contribution in [0.5, 0.6) is 0 Å². The van der Waals surface area contributed by atoms with Gasteiger partial charge >= 0.3 is 0 Å². The van der Waals surface area contributed by atoms with E-state index in [4.69, 9.17) is 0 Å². The van der Waals surface area contributed by atoms with Gasteiger partial charge in [0.05, 0.1) is 5.69 Å². The third-order valence-electron chi connectivity index (χ3n) is 5.12. The van der Waals surface area contributed by atoms with Crippen molar-refractivity contribution in [2.45, 2.75) is 32.1 Å². The Bertz CT molecular complexity index is 896. The summed E-state index contributed by atoms with van der Waals surface area (Å²) >= 11 is 0. The Hall–Kier alpha value is -3.13. The summed E-state index contributed by atoms with van der Waals surface area (Å²) in [4.78, 5) is 14.3. The van der Waals surface area contributed by atoms with Crippen molar-refractivity contribution in [2.75, 3.05) is 24.5 Å². The second-order valence-electron chi connectivity index (χ2n) is 7.27. The highest BCUT2D eigenvalue weighted by atomic mass is 19.1. The number of amides is 1. The highest BCUT2D eigenvalue weighted by Gasteiger charge is 2.15. The Kier molecular flexibility index (Phi) is 7.40. The number of piperidine rings is 1. The van der Waals surface area contributed by atoms with Crippen LogP contribution in [0.25, 0.3) is 6.08 Å². The van der Waals surface area contributed by atoms with Crippen LogP contribution in [0.15, 0.2) is 54.1 Å². The number of benzene rings is 2. The molecule has 2 aromatic carbocycles. The molecule has 0 aliphatic carbocycles. The number of carbonyl (C=O) groups excluding carboxylic acids is 1. The van der Waals surface area contributed by atoms with E-state index in [9.17, 15) is 14.4 Å². The molecule has 0 spiro atoms. The van der Waals surface area contributed by atoms with Crippen LogP contribution >= 0.6 is 0 Å². The number of nitrogens with one attached hydrogen (secondary N) is 1. The van der Waals surface area contributed by atoms with Crippen LogP contribution in [-0.4, -0.2) is 25.5 Å². The summed E-state index contributed by atoms with van der Waals surface area (Å²) in [5.74, 6) is -0.748. The summed E-state index contributed by atoms with van der Waals surface area (Å²) in [5.41, 5.74) is 2.29. The molecule has 1 aliphatic rings. The van der Waals surface area contributed by atoms with Crippen molar-refractivity contribution in [3.63, 3.8) is 0 Å². The second-order valence-corrected chi connectivity index (χ2v) is 7.27. The topological polar surface area (TPSA) is 56.1 Å². The number of anilines is 1. The third-order valence-corrected chi connectivity index (χ3v) is 5.12. The molecular weight excluding hydrogens is 365 g/mol. The molecule has 5 heteroatoms. The van der Waals surface area contributed by atoms with E-state index in [-0.39, 0.29) is 11.4 Å². The normalized spacial score (nSPS) is 14.3. The molecule has 0 radical (unpaired) electrons. The number of nitriles is 1. The minimum Gasteiger partial charge on any atom is -0.369 e. The maximum atomic E-state index is 14.5. The Balaban J connectivity index is 1.57. The van der Waals surface area contributed by atoms with Gasteiger partial charge in [-0.1, -0.05) is 36.4 Å². The molecule has 150 valence electrons. The van der Waals surface area contributed by atoms with Crippen LogP contribution in [0.2, 0.25) is 0 Å². The fourth-order valence-corrected chi connectivity index (χ4v) is 3.55. The number of hydrogen-bond acceptors (Lipinski definition) is 3. The van der Waals surface area contributed by atoms with Crippen molar-refractivity contribution in [1.82, 2.24) is 5.32 Å². The van der Waals surface area contributed by atoms with Gasteiger partial charge in [0, 0.05) is 19.6 Å². The smallest absolute Gasteiger partial charge is 0.261 e. The van der Waals surface area contributed by atoms with Crippen molar-refractivity contribution in [2.24, 2.45) is 0 Å². The lowest BCUT2D eigenvalue weighted by atomic mass is 10.1. The van der Waals surface area contributed by atoms with Gasteiger partial charge in [-0.3, -0.25) is 4.79 Å². The number of aryl methyl sites for hydroxylation is 1. The van der Waals surface area contributed by atoms with Gasteiger partial charge in [0.1, 0.15) is 17.5 Å². The zero-order chi connectivity index (χ0) is 20.5. The number of halogens is 1. The van der Waals surface area contributed by atoms with Gasteiger partial charge in [-0.2, -0.15) is 5.26 Å². The van der Waals surface area contributed by atoms with E-state index < -0.39 is 5.91 Å². The lowest BCUT2D eigenvalue weighted by molar-refractivity contribution is -0.117. The monoisotopic (exact) mass is 391 g/mol. The van der Waals surface area contributed by atoms with E-state index in [1.807, 2.05) is 36.4 Å². The molecule has 1 fully saturated rings.